The topological polar surface area (TPSA) is 41.6 Å². The number of rotatable bonds is 3. The summed E-state index contributed by atoms with van der Waals surface area (Å²) >= 11 is 0. The van der Waals surface area contributed by atoms with Crippen molar-refractivity contribution in [3.63, 3.8) is 0 Å². The van der Waals surface area contributed by atoms with Crippen molar-refractivity contribution in [2.75, 3.05) is 19.7 Å². The SMILES string of the molecule is CC(C)(C)C1OCCCC1CNC(=O)N1CCCC1c1cccc(F)c1. The second kappa shape index (κ2) is 7.95. The monoisotopic (exact) mass is 362 g/mol. The molecule has 3 unspecified atom stereocenters. The molecule has 0 aromatic heterocycles. The number of benzene rings is 1. The molecule has 1 aromatic rings. The van der Waals surface area contributed by atoms with Crippen molar-refractivity contribution in [3.8, 4) is 0 Å². The maximum absolute atomic E-state index is 13.6. The Labute approximate surface area is 156 Å². The Balaban J connectivity index is 1.62. The van der Waals surface area contributed by atoms with Gasteiger partial charge in [-0.3, -0.25) is 0 Å². The van der Waals surface area contributed by atoms with Crippen molar-refractivity contribution in [2.24, 2.45) is 11.3 Å². The number of nitrogens with zero attached hydrogens (tertiary/aromatic N) is 1. The number of urea groups is 1. The largest absolute Gasteiger partial charge is 0.377 e. The van der Waals surface area contributed by atoms with E-state index < -0.39 is 0 Å². The first kappa shape index (κ1) is 19.2. The second-order valence-electron chi connectivity index (χ2n) is 8.65. The molecular formula is C21H31FN2O2. The fraction of sp³-hybridized carbons (Fsp3) is 0.667. The zero-order valence-corrected chi connectivity index (χ0v) is 16.1. The molecule has 144 valence electrons. The molecule has 1 N–H and O–H groups in total. The van der Waals surface area contributed by atoms with E-state index in [9.17, 15) is 9.18 Å². The van der Waals surface area contributed by atoms with Crippen molar-refractivity contribution < 1.29 is 13.9 Å². The molecule has 3 rings (SSSR count). The molecule has 0 aliphatic carbocycles. The molecular weight excluding hydrogens is 331 g/mol. The molecule has 2 aliphatic heterocycles. The highest BCUT2D eigenvalue weighted by Gasteiger charge is 2.36. The zero-order valence-electron chi connectivity index (χ0n) is 16.1. The van der Waals surface area contributed by atoms with Crippen LogP contribution in [0.3, 0.4) is 0 Å². The van der Waals surface area contributed by atoms with Crippen LogP contribution in [0.2, 0.25) is 0 Å². The Hall–Kier alpha value is -1.62. The van der Waals surface area contributed by atoms with E-state index in [4.69, 9.17) is 4.74 Å². The van der Waals surface area contributed by atoms with Crippen molar-refractivity contribution in [3.05, 3.63) is 35.6 Å². The van der Waals surface area contributed by atoms with Crippen molar-refractivity contribution in [2.45, 2.75) is 58.6 Å². The average Bonchev–Trinajstić information content (AvgIpc) is 3.09. The third kappa shape index (κ3) is 4.37. The summed E-state index contributed by atoms with van der Waals surface area (Å²) in [7, 11) is 0. The molecule has 2 amide bonds. The van der Waals surface area contributed by atoms with E-state index in [2.05, 4.69) is 26.1 Å². The molecule has 2 saturated heterocycles. The maximum atomic E-state index is 13.6. The first-order chi connectivity index (χ1) is 12.4. The van der Waals surface area contributed by atoms with E-state index in [-0.39, 0.29) is 29.4 Å². The van der Waals surface area contributed by atoms with Crippen LogP contribution < -0.4 is 5.32 Å². The second-order valence-corrected chi connectivity index (χ2v) is 8.65. The molecule has 2 fully saturated rings. The van der Waals surface area contributed by atoms with E-state index in [0.29, 0.717) is 12.5 Å². The number of nitrogens with one attached hydrogen (secondary N) is 1. The molecule has 1 aromatic carbocycles. The van der Waals surface area contributed by atoms with Gasteiger partial charge in [0.1, 0.15) is 5.82 Å². The third-order valence-electron chi connectivity index (χ3n) is 5.56. The summed E-state index contributed by atoms with van der Waals surface area (Å²) in [5.74, 6) is 0.0880. The molecule has 0 saturated carbocycles. The normalized spacial score (nSPS) is 26.8. The predicted molar refractivity (Wildman–Crippen MR) is 100 cm³/mol. The predicted octanol–water partition coefficient (Wildman–Crippen LogP) is 4.51. The van der Waals surface area contributed by atoms with Gasteiger partial charge in [0, 0.05) is 25.6 Å². The number of amides is 2. The number of carbonyl (C=O) groups is 1. The summed E-state index contributed by atoms with van der Waals surface area (Å²) < 4.78 is 19.6. The van der Waals surface area contributed by atoms with E-state index in [1.54, 1.807) is 12.1 Å². The Morgan fingerprint density at radius 1 is 1.31 bits per heavy atom. The summed E-state index contributed by atoms with van der Waals surface area (Å²) in [5, 5.41) is 3.12. The highest BCUT2D eigenvalue weighted by Crippen LogP contribution is 2.35. The third-order valence-corrected chi connectivity index (χ3v) is 5.56. The summed E-state index contributed by atoms with van der Waals surface area (Å²) in [6, 6.07) is 6.53. The molecule has 0 radical (unpaired) electrons. The molecule has 5 heteroatoms. The van der Waals surface area contributed by atoms with Gasteiger partial charge in [0.25, 0.3) is 0 Å². The van der Waals surface area contributed by atoms with Gasteiger partial charge in [-0.2, -0.15) is 0 Å². The minimum atomic E-state index is -0.248. The molecule has 2 heterocycles. The van der Waals surface area contributed by atoms with Crippen LogP contribution in [0.15, 0.2) is 24.3 Å². The molecule has 0 bridgehead atoms. The van der Waals surface area contributed by atoms with E-state index in [1.165, 1.54) is 6.07 Å². The molecule has 3 atom stereocenters. The highest BCUT2D eigenvalue weighted by atomic mass is 19.1. The lowest BCUT2D eigenvalue weighted by molar-refractivity contribution is -0.0839. The molecule has 0 spiro atoms. The Morgan fingerprint density at radius 3 is 2.85 bits per heavy atom. The first-order valence-corrected chi connectivity index (χ1v) is 9.78. The quantitative estimate of drug-likeness (QED) is 0.859. The summed E-state index contributed by atoms with van der Waals surface area (Å²) in [5.41, 5.74) is 0.944. The van der Waals surface area contributed by atoms with Gasteiger partial charge in [0.2, 0.25) is 0 Å². The van der Waals surface area contributed by atoms with Crippen LogP contribution in [0, 0.1) is 17.2 Å². The standard InChI is InChI=1S/C21H31FN2O2/c1-21(2,3)19-16(8-6-12-26-19)14-23-20(25)24-11-5-10-18(24)15-7-4-9-17(22)13-15/h4,7,9,13,16,18-19H,5-6,8,10-12,14H2,1-3H3,(H,23,25). The fourth-order valence-electron chi connectivity index (χ4n) is 4.40. The lowest BCUT2D eigenvalue weighted by Gasteiger charge is -2.40. The van der Waals surface area contributed by atoms with Crippen LogP contribution in [0.25, 0.3) is 0 Å². The van der Waals surface area contributed by atoms with Gasteiger partial charge in [-0.25, -0.2) is 9.18 Å². The Morgan fingerprint density at radius 2 is 2.12 bits per heavy atom. The van der Waals surface area contributed by atoms with Crippen LogP contribution in [-0.4, -0.2) is 36.7 Å². The first-order valence-electron chi connectivity index (χ1n) is 9.78. The van der Waals surface area contributed by atoms with Crippen LogP contribution in [0.5, 0.6) is 0 Å². The molecule has 26 heavy (non-hydrogen) atoms. The van der Waals surface area contributed by atoms with Crippen molar-refractivity contribution >= 4 is 6.03 Å². The average molecular weight is 362 g/mol. The minimum absolute atomic E-state index is 0.0354. The number of ether oxygens (including phenoxy) is 1. The molecule has 4 nitrogen and oxygen atoms in total. The van der Waals surface area contributed by atoms with Gasteiger partial charge >= 0.3 is 6.03 Å². The van der Waals surface area contributed by atoms with Gasteiger partial charge in [0.05, 0.1) is 12.1 Å². The van der Waals surface area contributed by atoms with E-state index >= 15 is 0 Å². The summed E-state index contributed by atoms with van der Waals surface area (Å²) in [6.07, 6.45) is 4.12. The fourth-order valence-corrected chi connectivity index (χ4v) is 4.40. The highest BCUT2D eigenvalue weighted by molar-refractivity contribution is 5.75. The lowest BCUT2D eigenvalue weighted by Crippen LogP contribution is -2.47. The van der Waals surface area contributed by atoms with Crippen molar-refractivity contribution in [1.82, 2.24) is 10.2 Å². The Bertz CT molecular complexity index is 629. The van der Waals surface area contributed by atoms with Crippen LogP contribution in [0.4, 0.5) is 9.18 Å². The Kier molecular flexibility index (Phi) is 5.86. The van der Waals surface area contributed by atoms with Gasteiger partial charge in [-0.05, 0) is 48.8 Å². The number of hydrogen-bond donors (Lipinski definition) is 1. The number of likely N-dealkylation sites (tertiary alicyclic amines) is 1. The van der Waals surface area contributed by atoms with E-state index in [0.717, 1.165) is 44.4 Å². The van der Waals surface area contributed by atoms with Crippen LogP contribution >= 0.6 is 0 Å². The van der Waals surface area contributed by atoms with Gasteiger partial charge < -0.3 is 15.0 Å². The van der Waals surface area contributed by atoms with Crippen LogP contribution in [-0.2, 0) is 4.74 Å². The summed E-state index contributed by atoms with van der Waals surface area (Å²) in [4.78, 5) is 14.6. The molecule has 2 aliphatic rings. The summed E-state index contributed by atoms with van der Waals surface area (Å²) in [6.45, 7) is 8.74. The smallest absolute Gasteiger partial charge is 0.317 e. The zero-order chi connectivity index (χ0) is 18.7. The van der Waals surface area contributed by atoms with Gasteiger partial charge in [-0.1, -0.05) is 32.9 Å². The van der Waals surface area contributed by atoms with E-state index in [1.807, 2.05) is 11.0 Å². The van der Waals surface area contributed by atoms with Crippen LogP contribution in [0.1, 0.15) is 58.1 Å². The number of carbonyl (C=O) groups excluding carboxylic acids is 1. The maximum Gasteiger partial charge on any atom is 0.317 e. The number of halogens is 1. The minimum Gasteiger partial charge on any atom is -0.377 e. The lowest BCUT2D eigenvalue weighted by atomic mass is 9.78. The van der Waals surface area contributed by atoms with Gasteiger partial charge in [-0.15, -0.1) is 0 Å². The van der Waals surface area contributed by atoms with Gasteiger partial charge in [0.15, 0.2) is 0 Å². The van der Waals surface area contributed by atoms with Crippen molar-refractivity contribution in [1.29, 1.82) is 0 Å². The number of hydrogen-bond acceptors (Lipinski definition) is 2.